The monoisotopic (exact) mass is 236 g/mol. The first-order chi connectivity index (χ1) is 8.11. The molecule has 1 aliphatic rings. The molecular formula is C10H8N2O5. The highest BCUT2D eigenvalue weighted by molar-refractivity contribution is 6.18. The van der Waals surface area contributed by atoms with Crippen molar-refractivity contribution in [3.05, 3.63) is 24.0 Å². The van der Waals surface area contributed by atoms with Gasteiger partial charge in [-0.2, -0.15) is 0 Å². The highest BCUT2D eigenvalue weighted by Crippen LogP contribution is 2.20. The summed E-state index contributed by atoms with van der Waals surface area (Å²) < 4.78 is 4.74. The van der Waals surface area contributed by atoms with Crippen molar-refractivity contribution in [2.75, 3.05) is 18.1 Å². The smallest absolute Gasteiger partial charge is 0.356 e. The average molecular weight is 236 g/mol. The Labute approximate surface area is 95.6 Å². The number of rotatable bonds is 2. The Hall–Kier alpha value is -2.28. The van der Waals surface area contributed by atoms with Gasteiger partial charge in [-0.1, -0.05) is 0 Å². The van der Waals surface area contributed by atoms with E-state index in [2.05, 4.69) is 4.98 Å². The van der Waals surface area contributed by atoms with Crippen LogP contribution in [0.2, 0.25) is 0 Å². The van der Waals surface area contributed by atoms with Crippen LogP contribution >= 0.6 is 0 Å². The summed E-state index contributed by atoms with van der Waals surface area (Å²) in [6.45, 7) is -0.501. The molecule has 0 spiro atoms. The van der Waals surface area contributed by atoms with Gasteiger partial charge in [-0.05, 0) is 12.1 Å². The third-order valence-corrected chi connectivity index (χ3v) is 2.18. The quantitative estimate of drug-likeness (QED) is 0.706. The molecule has 1 N–H and O–H groups in total. The molecule has 0 bridgehead atoms. The Balaban J connectivity index is 2.48. The van der Waals surface area contributed by atoms with Crippen molar-refractivity contribution in [2.45, 2.75) is 0 Å². The molecule has 1 aliphatic heterocycles. The summed E-state index contributed by atoms with van der Waals surface area (Å²) >= 11 is 0. The summed E-state index contributed by atoms with van der Waals surface area (Å²) in [5.74, 6) is -2.50. The first-order valence-electron chi connectivity index (χ1n) is 4.73. The van der Waals surface area contributed by atoms with Gasteiger partial charge < -0.3 is 9.84 Å². The lowest BCUT2D eigenvalue weighted by atomic mass is 10.2. The molecule has 1 fully saturated rings. The fourth-order valence-corrected chi connectivity index (χ4v) is 1.50. The lowest BCUT2D eigenvalue weighted by Gasteiger charge is -2.25. The van der Waals surface area contributed by atoms with Crippen molar-refractivity contribution in [1.82, 2.24) is 4.98 Å². The van der Waals surface area contributed by atoms with Gasteiger partial charge in [0.15, 0.2) is 5.69 Å². The van der Waals surface area contributed by atoms with E-state index in [-0.39, 0.29) is 24.6 Å². The van der Waals surface area contributed by atoms with Crippen LogP contribution in [0.15, 0.2) is 18.3 Å². The Kier molecular flexibility index (Phi) is 2.84. The van der Waals surface area contributed by atoms with Crippen LogP contribution in [0.3, 0.4) is 0 Å². The third kappa shape index (κ3) is 2.00. The molecule has 7 heteroatoms. The largest absolute Gasteiger partial charge is 0.476 e. The van der Waals surface area contributed by atoms with Crippen LogP contribution in [0.25, 0.3) is 0 Å². The summed E-state index contributed by atoms with van der Waals surface area (Å²) in [6.07, 6.45) is 1.28. The molecule has 0 atom stereocenters. The number of ether oxygens (including phenoxy) is 1. The van der Waals surface area contributed by atoms with Crippen molar-refractivity contribution in [1.29, 1.82) is 0 Å². The molecule has 1 aromatic heterocycles. The number of carbonyl (C=O) groups excluding carboxylic acids is 2. The lowest BCUT2D eigenvalue weighted by Crippen LogP contribution is -2.47. The number of carboxylic acids is 1. The molecule has 0 aliphatic carbocycles. The molecule has 1 saturated heterocycles. The molecule has 2 amide bonds. The van der Waals surface area contributed by atoms with E-state index in [1.54, 1.807) is 0 Å². The molecule has 2 heterocycles. The second-order valence-corrected chi connectivity index (χ2v) is 3.29. The number of carboxylic acid groups (broad SMARTS) is 1. The van der Waals surface area contributed by atoms with Crippen molar-refractivity contribution in [3.63, 3.8) is 0 Å². The van der Waals surface area contributed by atoms with Gasteiger partial charge in [0.1, 0.15) is 13.2 Å². The van der Waals surface area contributed by atoms with E-state index >= 15 is 0 Å². The highest BCUT2D eigenvalue weighted by atomic mass is 16.5. The summed E-state index contributed by atoms with van der Waals surface area (Å²) in [5, 5.41) is 8.93. The van der Waals surface area contributed by atoms with Gasteiger partial charge in [-0.25, -0.2) is 14.7 Å². The van der Waals surface area contributed by atoms with Crippen LogP contribution in [0.5, 0.6) is 0 Å². The number of hydrogen-bond acceptors (Lipinski definition) is 5. The van der Waals surface area contributed by atoms with Crippen LogP contribution in [0.4, 0.5) is 5.69 Å². The van der Waals surface area contributed by atoms with Crippen LogP contribution in [-0.4, -0.2) is 41.1 Å². The molecular weight excluding hydrogens is 228 g/mol. The Morgan fingerprint density at radius 3 is 2.59 bits per heavy atom. The Morgan fingerprint density at radius 1 is 1.35 bits per heavy atom. The summed E-state index contributed by atoms with van der Waals surface area (Å²) in [5.41, 5.74) is -0.366. The normalized spacial score (nSPS) is 16.1. The number of anilines is 1. The minimum atomic E-state index is -1.30. The van der Waals surface area contributed by atoms with Gasteiger partial charge in [-0.15, -0.1) is 0 Å². The molecule has 88 valence electrons. The number of carbonyl (C=O) groups is 3. The second kappa shape index (κ2) is 4.30. The molecule has 1 aromatic rings. The summed E-state index contributed by atoms with van der Waals surface area (Å²) in [4.78, 5) is 38.4. The van der Waals surface area contributed by atoms with Crippen LogP contribution in [-0.2, 0) is 14.3 Å². The van der Waals surface area contributed by atoms with Crippen molar-refractivity contribution in [2.24, 2.45) is 0 Å². The predicted octanol–water partition coefficient (Wildman–Crippen LogP) is -0.330. The Bertz CT molecular complexity index is 483. The number of nitrogens with zero attached hydrogens (tertiary/aromatic N) is 2. The maximum absolute atomic E-state index is 11.5. The number of aromatic nitrogens is 1. The van der Waals surface area contributed by atoms with E-state index in [9.17, 15) is 14.4 Å². The van der Waals surface area contributed by atoms with E-state index in [0.29, 0.717) is 0 Å². The molecule has 0 saturated carbocycles. The Morgan fingerprint density at radius 2 is 2.00 bits per heavy atom. The van der Waals surface area contributed by atoms with E-state index in [0.717, 1.165) is 4.90 Å². The zero-order valence-electron chi connectivity index (χ0n) is 8.62. The molecule has 0 radical (unpaired) electrons. The minimum Gasteiger partial charge on any atom is -0.476 e. The van der Waals surface area contributed by atoms with Crippen LogP contribution in [0.1, 0.15) is 10.5 Å². The van der Waals surface area contributed by atoms with Gasteiger partial charge in [0.25, 0.3) is 11.8 Å². The zero-order valence-corrected chi connectivity index (χ0v) is 8.62. The number of pyridine rings is 1. The van der Waals surface area contributed by atoms with Gasteiger partial charge in [0, 0.05) is 6.20 Å². The molecule has 17 heavy (non-hydrogen) atoms. The number of morpholine rings is 1. The predicted molar refractivity (Wildman–Crippen MR) is 54.5 cm³/mol. The number of hydrogen-bond donors (Lipinski definition) is 1. The van der Waals surface area contributed by atoms with Gasteiger partial charge in [0.05, 0.1) is 5.69 Å². The number of amides is 2. The maximum Gasteiger partial charge on any atom is 0.356 e. The minimum absolute atomic E-state index is 0.0294. The molecule has 7 nitrogen and oxygen atoms in total. The molecule has 0 aromatic carbocycles. The van der Waals surface area contributed by atoms with Crippen molar-refractivity contribution >= 4 is 23.5 Å². The SMILES string of the molecule is O=C(O)c1ncccc1N1C(=O)COCC1=O. The van der Waals surface area contributed by atoms with Crippen molar-refractivity contribution in [3.8, 4) is 0 Å². The summed E-state index contributed by atoms with van der Waals surface area (Å²) in [7, 11) is 0. The van der Waals surface area contributed by atoms with Gasteiger partial charge >= 0.3 is 5.97 Å². The van der Waals surface area contributed by atoms with E-state index in [1.807, 2.05) is 0 Å². The molecule has 0 unspecified atom stereocenters. The zero-order chi connectivity index (χ0) is 12.4. The average Bonchev–Trinajstić information content (AvgIpc) is 2.29. The number of imide groups is 1. The topological polar surface area (TPSA) is 96.8 Å². The van der Waals surface area contributed by atoms with Crippen LogP contribution < -0.4 is 4.90 Å². The fraction of sp³-hybridized carbons (Fsp3) is 0.200. The van der Waals surface area contributed by atoms with E-state index in [4.69, 9.17) is 9.84 Å². The maximum atomic E-state index is 11.5. The molecule has 2 rings (SSSR count). The third-order valence-electron chi connectivity index (χ3n) is 2.18. The van der Waals surface area contributed by atoms with Gasteiger partial charge in [0.2, 0.25) is 0 Å². The van der Waals surface area contributed by atoms with E-state index < -0.39 is 17.8 Å². The van der Waals surface area contributed by atoms with E-state index in [1.165, 1.54) is 18.3 Å². The summed E-state index contributed by atoms with van der Waals surface area (Å²) in [6, 6.07) is 2.81. The lowest BCUT2D eigenvalue weighted by molar-refractivity contribution is -0.138. The standard InChI is InChI=1S/C10H8N2O5/c13-7-4-17-5-8(14)12(7)6-2-1-3-11-9(6)10(15)16/h1-3H,4-5H2,(H,15,16). The second-order valence-electron chi connectivity index (χ2n) is 3.29. The first-order valence-corrected chi connectivity index (χ1v) is 4.73. The van der Waals surface area contributed by atoms with Crippen molar-refractivity contribution < 1.29 is 24.2 Å². The first kappa shape index (κ1) is 11.2. The van der Waals surface area contributed by atoms with Gasteiger partial charge in [-0.3, -0.25) is 9.59 Å². The highest BCUT2D eigenvalue weighted by Gasteiger charge is 2.31. The number of aromatic carboxylic acids is 1. The fourth-order valence-electron chi connectivity index (χ4n) is 1.50. The van der Waals surface area contributed by atoms with Crippen LogP contribution in [0, 0.1) is 0 Å².